The Morgan fingerprint density at radius 1 is 1.21 bits per heavy atom. The van der Waals surface area contributed by atoms with Crippen LogP contribution in [0.25, 0.3) is 0 Å². The molecule has 0 saturated heterocycles. The topological polar surface area (TPSA) is 95.3 Å². The lowest BCUT2D eigenvalue weighted by Crippen LogP contribution is -2.17. The number of anilines is 1. The van der Waals surface area contributed by atoms with E-state index in [4.69, 9.17) is 9.47 Å². The molecule has 10 heteroatoms. The summed E-state index contributed by atoms with van der Waals surface area (Å²) in [6, 6.07) is 5.97. The van der Waals surface area contributed by atoms with E-state index in [-0.39, 0.29) is 17.8 Å². The zero-order chi connectivity index (χ0) is 27.9. The number of nitrogens with one attached hydrogen (secondary N) is 1. The summed E-state index contributed by atoms with van der Waals surface area (Å²) in [7, 11) is 1.38. The van der Waals surface area contributed by atoms with Gasteiger partial charge in [0.25, 0.3) is 0 Å². The van der Waals surface area contributed by atoms with Crippen LogP contribution in [0.15, 0.2) is 36.0 Å². The number of benzene rings is 1. The normalized spacial score (nSPS) is 14.1. The number of aryl methyl sites for hydroxylation is 2. The van der Waals surface area contributed by atoms with Crippen molar-refractivity contribution in [2.45, 2.75) is 77.1 Å². The highest BCUT2D eigenvalue weighted by molar-refractivity contribution is 7.99. The lowest BCUT2D eigenvalue weighted by atomic mass is 9.96. The highest BCUT2D eigenvalue weighted by Gasteiger charge is 2.26. The molecule has 208 valence electrons. The van der Waals surface area contributed by atoms with Gasteiger partial charge in [0.2, 0.25) is 5.91 Å². The molecular weight excluding hydrogens is 532 g/mol. The molecule has 1 amide bonds. The Kier molecular flexibility index (Phi) is 9.85. The third kappa shape index (κ3) is 6.73. The first-order valence-corrected chi connectivity index (χ1v) is 15.1. The molecule has 1 unspecified atom stereocenters. The van der Waals surface area contributed by atoms with Crippen LogP contribution < -0.4 is 10.1 Å². The third-order valence-electron chi connectivity index (χ3n) is 6.93. The Morgan fingerprint density at radius 3 is 2.72 bits per heavy atom. The van der Waals surface area contributed by atoms with Gasteiger partial charge in [-0.25, -0.2) is 4.79 Å². The summed E-state index contributed by atoms with van der Waals surface area (Å²) in [4.78, 5) is 26.9. The zero-order valence-electron chi connectivity index (χ0n) is 23.0. The van der Waals surface area contributed by atoms with E-state index >= 15 is 0 Å². The van der Waals surface area contributed by atoms with Crippen LogP contribution in [-0.4, -0.2) is 39.5 Å². The molecule has 2 heterocycles. The number of esters is 1. The van der Waals surface area contributed by atoms with Gasteiger partial charge in [-0.05, 0) is 69.2 Å². The van der Waals surface area contributed by atoms with Crippen molar-refractivity contribution in [2.24, 2.45) is 0 Å². The molecule has 1 atom stereocenters. The van der Waals surface area contributed by atoms with Gasteiger partial charge in [-0.1, -0.05) is 42.8 Å². The molecule has 1 N–H and O–H groups in total. The molecule has 1 aliphatic carbocycles. The average Bonchev–Trinajstić information content (AvgIpc) is 3.45. The van der Waals surface area contributed by atoms with Crippen LogP contribution in [0.1, 0.15) is 76.5 Å². The number of carbonyl (C=O) groups excluding carboxylic acids is 2. The highest BCUT2D eigenvalue weighted by Crippen LogP contribution is 2.38. The van der Waals surface area contributed by atoms with Gasteiger partial charge >= 0.3 is 5.97 Å². The second kappa shape index (κ2) is 13.3. The van der Waals surface area contributed by atoms with E-state index in [2.05, 4.69) is 35.1 Å². The van der Waals surface area contributed by atoms with Crippen LogP contribution in [0.5, 0.6) is 5.75 Å². The molecule has 3 aromatic rings. The van der Waals surface area contributed by atoms with Gasteiger partial charge in [0.15, 0.2) is 17.1 Å². The van der Waals surface area contributed by atoms with E-state index in [0.717, 1.165) is 54.5 Å². The number of amides is 1. The van der Waals surface area contributed by atoms with Crippen molar-refractivity contribution >= 4 is 40.0 Å². The molecule has 0 radical (unpaired) electrons. The predicted octanol–water partition coefficient (Wildman–Crippen LogP) is 6.46. The summed E-state index contributed by atoms with van der Waals surface area (Å²) in [6.45, 7) is 10.4. The molecule has 1 aliphatic rings. The first-order valence-electron chi connectivity index (χ1n) is 13.3. The number of allylic oxidation sites excluding steroid dienone is 1. The lowest BCUT2D eigenvalue weighted by Gasteiger charge is -2.18. The van der Waals surface area contributed by atoms with Crippen molar-refractivity contribution in [3.8, 4) is 5.75 Å². The number of nitrogens with zero attached hydrogens (tertiary/aromatic N) is 3. The van der Waals surface area contributed by atoms with E-state index in [9.17, 15) is 9.59 Å². The van der Waals surface area contributed by atoms with Crippen LogP contribution in [0.2, 0.25) is 0 Å². The van der Waals surface area contributed by atoms with Gasteiger partial charge in [0, 0.05) is 11.4 Å². The fourth-order valence-electron chi connectivity index (χ4n) is 4.72. The SMILES string of the molecule is C=CCn1c(SCC(=O)Nc2sc3c(c2C(=O)OC)CCCCCC3)nnc1C(C)Oc1cccc(C)c1C. The van der Waals surface area contributed by atoms with Crippen LogP contribution in [0.3, 0.4) is 0 Å². The Labute approximate surface area is 238 Å². The van der Waals surface area contributed by atoms with Crippen LogP contribution in [-0.2, 0) is 28.9 Å². The number of carbonyl (C=O) groups is 2. The quantitative estimate of drug-likeness (QED) is 0.170. The van der Waals surface area contributed by atoms with Gasteiger partial charge in [-0.15, -0.1) is 28.1 Å². The molecular formula is C29H36N4O4S2. The minimum absolute atomic E-state index is 0.116. The van der Waals surface area contributed by atoms with Crippen molar-refractivity contribution in [3.05, 3.63) is 63.8 Å². The maximum atomic E-state index is 13.0. The molecule has 0 spiro atoms. The van der Waals surface area contributed by atoms with E-state index in [1.165, 1.54) is 41.5 Å². The van der Waals surface area contributed by atoms with E-state index in [1.807, 2.05) is 30.5 Å². The smallest absolute Gasteiger partial charge is 0.341 e. The Hall–Kier alpha value is -3.11. The van der Waals surface area contributed by atoms with E-state index in [1.54, 1.807) is 6.08 Å². The number of rotatable bonds is 10. The molecule has 4 rings (SSSR count). The van der Waals surface area contributed by atoms with Gasteiger partial charge in [-0.2, -0.15) is 0 Å². The second-order valence-electron chi connectivity index (χ2n) is 9.65. The average molecular weight is 569 g/mol. The van der Waals surface area contributed by atoms with Gasteiger partial charge in [0.1, 0.15) is 10.8 Å². The number of thioether (sulfide) groups is 1. The summed E-state index contributed by atoms with van der Waals surface area (Å²) in [6.07, 6.45) is 7.62. The largest absolute Gasteiger partial charge is 0.482 e. The van der Waals surface area contributed by atoms with Crippen LogP contribution in [0, 0.1) is 13.8 Å². The lowest BCUT2D eigenvalue weighted by molar-refractivity contribution is -0.113. The van der Waals surface area contributed by atoms with Gasteiger partial charge in [0.05, 0.1) is 18.4 Å². The number of methoxy groups -OCH3 is 1. The number of fused-ring (bicyclic) bond motifs is 1. The Balaban J connectivity index is 1.48. The van der Waals surface area contributed by atoms with Crippen molar-refractivity contribution in [1.29, 1.82) is 0 Å². The Morgan fingerprint density at radius 2 is 1.97 bits per heavy atom. The third-order valence-corrected chi connectivity index (χ3v) is 9.10. The zero-order valence-corrected chi connectivity index (χ0v) is 24.7. The molecule has 8 nitrogen and oxygen atoms in total. The maximum Gasteiger partial charge on any atom is 0.341 e. The molecule has 0 bridgehead atoms. The molecule has 0 saturated carbocycles. The fraction of sp³-hybridized carbons (Fsp3) is 0.448. The number of hydrogen-bond acceptors (Lipinski definition) is 8. The molecule has 39 heavy (non-hydrogen) atoms. The number of thiophene rings is 1. The predicted molar refractivity (Wildman–Crippen MR) is 156 cm³/mol. The number of ether oxygens (including phenoxy) is 2. The monoisotopic (exact) mass is 568 g/mol. The van der Waals surface area contributed by atoms with Crippen molar-refractivity contribution in [3.63, 3.8) is 0 Å². The summed E-state index contributed by atoms with van der Waals surface area (Å²) < 4.78 is 13.2. The van der Waals surface area contributed by atoms with Gasteiger partial charge in [-0.3, -0.25) is 9.36 Å². The molecule has 1 aromatic carbocycles. The first-order chi connectivity index (χ1) is 18.8. The van der Waals surface area contributed by atoms with Crippen molar-refractivity contribution in [1.82, 2.24) is 14.8 Å². The second-order valence-corrected chi connectivity index (χ2v) is 11.7. The number of hydrogen-bond donors (Lipinski definition) is 1. The fourth-order valence-corrected chi connectivity index (χ4v) is 6.77. The standard InChI is InChI=1S/C29H36N4O4S2/c1-6-16-33-26(20(4)37-22-14-11-12-18(2)19(22)3)31-32-29(33)38-17-24(34)30-27-25(28(35)36-5)21-13-9-7-8-10-15-23(21)39-27/h6,11-12,14,20H,1,7-10,13,15-17H2,2-5H3,(H,30,34). The van der Waals surface area contributed by atoms with Crippen molar-refractivity contribution < 1.29 is 19.1 Å². The maximum absolute atomic E-state index is 13.0. The summed E-state index contributed by atoms with van der Waals surface area (Å²) in [5.41, 5.74) is 3.77. The van der Waals surface area contributed by atoms with E-state index < -0.39 is 5.97 Å². The minimum atomic E-state index is -0.399. The Bertz CT molecular complexity index is 1350. The molecule has 0 aliphatic heterocycles. The molecule has 2 aromatic heterocycles. The summed E-state index contributed by atoms with van der Waals surface area (Å²) in [5, 5.41) is 12.9. The van der Waals surface area contributed by atoms with Crippen LogP contribution >= 0.6 is 23.1 Å². The highest BCUT2D eigenvalue weighted by atomic mass is 32.2. The van der Waals surface area contributed by atoms with E-state index in [0.29, 0.717) is 28.1 Å². The first kappa shape index (κ1) is 28.9. The summed E-state index contributed by atoms with van der Waals surface area (Å²) >= 11 is 2.78. The van der Waals surface area contributed by atoms with Crippen molar-refractivity contribution in [2.75, 3.05) is 18.2 Å². The minimum Gasteiger partial charge on any atom is -0.482 e. The molecule has 0 fully saturated rings. The summed E-state index contributed by atoms with van der Waals surface area (Å²) in [5.74, 6) is 0.962. The number of aromatic nitrogens is 3. The van der Waals surface area contributed by atoms with Crippen LogP contribution in [0.4, 0.5) is 5.00 Å². The van der Waals surface area contributed by atoms with Gasteiger partial charge < -0.3 is 14.8 Å².